The van der Waals surface area contributed by atoms with Crippen molar-refractivity contribution in [3.05, 3.63) is 40.9 Å². The summed E-state index contributed by atoms with van der Waals surface area (Å²) in [6.45, 7) is 0. The van der Waals surface area contributed by atoms with Crippen LogP contribution in [0.2, 0.25) is 0 Å². The van der Waals surface area contributed by atoms with Gasteiger partial charge in [0.25, 0.3) is 0 Å². The molecule has 0 atom stereocenters. The summed E-state index contributed by atoms with van der Waals surface area (Å²) < 4.78 is 4.91. The van der Waals surface area contributed by atoms with E-state index in [1.165, 1.54) is 13.2 Å². The molecule has 0 saturated heterocycles. The Labute approximate surface area is 85.8 Å². The van der Waals surface area contributed by atoms with Crippen LogP contribution in [0.15, 0.2) is 35.4 Å². The van der Waals surface area contributed by atoms with Crippen molar-refractivity contribution in [1.82, 2.24) is 15.0 Å². The topological polar surface area (TPSA) is 67.9 Å². The van der Waals surface area contributed by atoms with E-state index in [-0.39, 0.29) is 5.56 Å². The van der Waals surface area contributed by atoms with E-state index in [0.29, 0.717) is 11.7 Å². The predicted molar refractivity (Wildman–Crippen MR) is 54.6 cm³/mol. The van der Waals surface area contributed by atoms with Crippen LogP contribution in [0, 0.1) is 0 Å². The molecule has 2 aromatic rings. The smallest absolute Gasteiger partial charge is 0.316 e. The fourth-order valence-corrected chi connectivity index (χ4v) is 1.17. The van der Waals surface area contributed by atoms with E-state index in [9.17, 15) is 4.79 Å². The summed E-state index contributed by atoms with van der Waals surface area (Å²) in [5.74, 6) is 0. The van der Waals surface area contributed by atoms with Gasteiger partial charge in [-0.1, -0.05) is 0 Å². The quantitative estimate of drug-likeness (QED) is 0.785. The highest BCUT2D eigenvalue weighted by Crippen LogP contribution is 2.15. The second kappa shape index (κ2) is 3.91. The number of hydrogen-bond acceptors (Lipinski definition) is 4. The molecule has 0 radical (unpaired) electrons. The Morgan fingerprint density at radius 1 is 1.33 bits per heavy atom. The molecule has 0 aromatic carbocycles. The van der Waals surface area contributed by atoms with Crippen molar-refractivity contribution < 1.29 is 4.74 Å². The van der Waals surface area contributed by atoms with Crippen LogP contribution < -0.4 is 10.3 Å². The molecule has 0 amide bonds. The third-order valence-corrected chi connectivity index (χ3v) is 1.90. The van der Waals surface area contributed by atoms with E-state index in [4.69, 9.17) is 4.74 Å². The van der Waals surface area contributed by atoms with Gasteiger partial charge in [-0.2, -0.15) is 4.98 Å². The van der Waals surface area contributed by atoms with Crippen molar-refractivity contribution in [3.8, 4) is 17.3 Å². The van der Waals surface area contributed by atoms with Gasteiger partial charge in [0, 0.05) is 24.0 Å². The first-order valence-electron chi connectivity index (χ1n) is 4.36. The third kappa shape index (κ3) is 2.01. The molecule has 5 nitrogen and oxygen atoms in total. The molecule has 5 heteroatoms. The number of ether oxygens (including phenoxy) is 1. The molecule has 0 unspecified atom stereocenters. The van der Waals surface area contributed by atoms with Crippen molar-refractivity contribution in [3.63, 3.8) is 0 Å². The van der Waals surface area contributed by atoms with Crippen LogP contribution in [0.1, 0.15) is 0 Å². The van der Waals surface area contributed by atoms with E-state index in [1.807, 2.05) is 0 Å². The van der Waals surface area contributed by atoms with E-state index < -0.39 is 0 Å². The van der Waals surface area contributed by atoms with Crippen LogP contribution in [0.4, 0.5) is 0 Å². The van der Waals surface area contributed by atoms with E-state index in [0.717, 1.165) is 5.56 Å². The van der Waals surface area contributed by atoms with Gasteiger partial charge in [-0.3, -0.25) is 4.79 Å². The van der Waals surface area contributed by atoms with Crippen LogP contribution in [0.25, 0.3) is 11.3 Å². The number of aromatic nitrogens is 3. The number of rotatable bonds is 2. The summed E-state index contributed by atoms with van der Waals surface area (Å²) in [6, 6.07) is 5.19. The standard InChI is InChI=1S/C10H9N3O2/c1-15-10-11-5-4-8(13-10)7-2-3-9(14)12-6-7/h2-6H,1H3,(H,12,14). The zero-order chi connectivity index (χ0) is 10.7. The maximum absolute atomic E-state index is 10.9. The molecule has 0 aliphatic carbocycles. The first-order chi connectivity index (χ1) is 7.29. The van der Waals surface area contributed by atoms with Gasteiger partial charge < -0.3 is 9.72 Å². The van der Waals surface area contributed by atoms with Crippen molar-refractivity contribution in [1.29, 1.82) is 0 Å². The monoisotopic (exact) mass is 203 g/mol. The molecule has 76 valence electrons. The average molecular weight is 203 g/mol. The fourth-order valence-electron chi connectivity index (χ4n) is 1.17. The normalized spacial score (nSPS) is 9.93. The third-order valence-electron chi connectivity index (χ3n) is 1.90. The highest BCUT2D eigenvalue weighted by atomic mass is 16.5. The summed E-state index contributed by atoms with van der Waals surface area (Å²) in [4.78, 5) is 21.5. The summed E-state index contributed by atoms with van der Waals surface area (Å²) >= 11 is 0. The minimum absolute atomic E-state index is 0.139. The Morgan fingerprint density at radius 2 is 2.20 bits per heavy atom. The van der Waals surface area contributed by atoms with Crippen LogP contribution in [0.5, 0.6) is 6.01 Å². The molecule has 0 saturated carbocycles. The number of nitrogens with zero attached hydrogens (tertiary/aromatic N) is 2. The van der Waals surface area contributed by atoms with Gasteiger partial charge in [0.2, 0.25) is 5.56 Å². The molecule has 1 N–H and O–H groups in total. The summed E-state index contributed by atoms with van der Waals surface area (Å²) in [5, 5.41) is 0. The first kappa shape index (κ1) is 9.39. The highest BCUT2D eigenvalue weighted by Gasteiger charge is 2.01. The van der Waals surface area contributed by atoms with Gasteiger partial charge in [-0.25, -0.2) is 4.98 Å². The van der Waals surface area contributed by atoms with Gasteiger partial charge in [-0.15, -0.1) is 0 Å². The second-order valence-corrected chi connectivity index (χ2v) is 2.87. The Balaban J connectivity index is 2.44. The summed E-state index contributed by atoms with van der Waals surface area (Å²) in [7, 11) is 1.51. The Hall–Kier alpha value is -2.17. The minimum atomic E-state index is -0.139. The lowest BCUT2D eigenvalue weighted by atomic mass is 10.2. The predicted octanol–water partition coefficient (Wildman–Crippen LogP) is 0.840. The number of aromatic amines is 1. The number of methoxy groups -OCH3 is 1. The minimum Gasteiger partial charge on any atom is -0.467 e. The molecule has 0 fully saturated rings. The van der Waals surface area contributed by atoms with Crippen molar-refractivity contribution in [2.45, 2.75) is 0 Å². The molecule has 0 spiro atoms. The molecule has 2 heterocycles. The highest BCUT2D eigenvalue weighted by molar-refractivity contribution is 5.57. The lowest BCUT2D eigenvalue weighted by molar-refractivity contribution is 0.380. The van der Waals surface area contributed by atoms with Gasteiger partial charge in [-0.05, 0) is 12.1 Å². The molecule has 0 bridgehead atoms. The van der Waals surface area contributed by atoms with Crippen LogP contribution >= 0.6 is 0 Å². The van der Waals surface area contributed by atoms with E-state index in [2.05, 4.69) is 15.0 Å². The molecule has 2 rings (SSSR count). The van der Waals surface area contributed by atoms with Crippen molar-refractivity contribution in [2.24, 2.45) is 0 Å². The number of H-pyrrole nitrogens is 1. The zero-order valence-corrected chi connectivity index (χ0v) is 8.10. The first-order valence-corrected chi connectivity index (χ1v) is 4.36. The molecule has 0 aliphatic heterocycles. The molecule has 2 aromatic heterocycles. The van der Waals surface area contributed by atoms with E-state index >= 15 is 0 Å². The number of pyridine rings is 1. The molecule has 15 heavy (non-hydrogen) atoms. The van der Waals surface area contributed by atoms with Crippen LogP contribution in [-0.4, -0.2) is 22.1 Å². The Bertz CT molecular complexity index is 502. The Morgan fingerprint density at radius 3 is 2.87 bits per heavy atom. The summed E-state index contributed by atoms with van der Waals surface area (Å²) in [5.41, 5.74) is 1.38. The van der Waals surface area contributed by atoms with Gasteiger partial charge in [0.15, 0.2) is 0 Å². The summed E-state index contributed by atoms with van der Waals surface area (Å²) in [6.07, 6.45) is 3.20. The SMILES string of the molecule is COc1nccc(-c2ccc(=O)[nH]c2)n1. The number of hydrogen-bond donors (Lipinski definition) is 1. The zero-order valence-electron chi connectivity index (χ0n) is 8.10. The molecular formula is C10H9N3O2. The Kier molecular flexibility index (Phi) is 2.45. The van der Waals surface area contributed by atoms with Gasteiger partial charge >= 0.3 is 6.01 Å². The molecule has 0 aliphatic rings. The fraction of sp³-hybridized carbons (Fsp3) is 0.100. The van der Waals surface area contributed by atoms with Crippen molar-refractivity contribution >= 4 is 0 Å². The van der Waals surface area contributed by atoms with Crippen LogP contribution in [0.3, 0.4) is 0 Å². The largest absolute Gasteiger partial charge is 0.467 e. The average Bonchev–Trinajstić information content (AvgIpc) is 2.30. The second-order valence-electron chi connectivity index (χ2n) is 2.87. The van der Waals surface area contributed by atoms with Gasteiger partial charge in [0.05, 0.1) is 12.8 Å². The molecular weight excluding hydrogens is 194 g/mol. The van der Waals surface area contributed by atoms with Gasteiger partial charge in [0.1, 0.15) is 0 Å². The van der Waals surface area contributed by atoms with E-state index in [1.54, 1.807) is 24.5 Å². The van der Waals surface area contributed by atoms with Crippen LogP contribution in [-0.2, 0) is 0 Å². The number of nitrogens with one attached hydrogen (secondary N) is 1. The lowest BCUT2D eigenvalue weighted by Gasteiger charge is -2.01. The van der Waals surface area contributed by atoms with Crippen molar-refractivity contribution in [2.75, 3.05) is 7.11 Å². The maximum atomic E-state index is 10.9. The lowest BCUT2D eigenvalue weighted by Crippen LogP contribution is -2.02. The maximum Gasteiger partial charge on any atom is 0.316 e.